The molecular formula is C16H14O5. The standard InChI is InChI=1S/C16H14O5/c1-2-21-11-7-10(17)16(20)13-12(11)14(18)8-5-3-4-6-9(8)15(13)19/h3-7,12-13,17,20H,2H2,1H3. The third-order valence-electron chi connectivity index (χ3n) is 3.81. The number of carbonyl (C=O) groups excluding carboxylic acids is 2. The Morgan fingerprint density at radius 2 is 1.62 bits per heavy atom. The molecule has 0 saturated carbocycles. The molecule has 0 aromatic heterocycles. The lowest BCUT2D eigenvalue weighted by Crippen LogP contribution is -2.41. The van der Waals surface area contributed by atoms with Crippen LogP contribution < -0.4 is 0 Å². The normalized spacial score (nSPS) is 24.3. The van der Waals surface area contributed by atoms with Gasteiger partial charge in [0.05, 0.1) is 12.5 Å². The van der Waals surface area contributed by atoms with E-state index in [0.29, 0.717) is 12.2 Å². The van der Waals surface area contributed by atoms with Crippen LogP contribution in [0.5, 0.6) is 0 Å². The van der Waals surface area contributed by atoms with E-state index in [4.69, 9.17) is 4.74 Å². The van der Waals surface area contributed by atoms with Crippen LogP contribution >= 0.6 is 0 Å². The molecule has 0 aliphatic heterocycles. The zero-order chi connectivity index (χ0) is 15.1. The van der Waals surface area contributed by atoms with Crippen molar-refractivity contribution in [2.45, 2.75) is 6.92 Å². The van der Waals surface area contributed by atoms with Crippen molar-refractivity contribution in [3.8, 4) is 0 Å². The van der Waals surface area contributed by atoms with Crippen LogP contribution in [0.15, 0.2) is 47.6 Å². The SMILES string of the molecule is CCOC1=CC(O)=C(O)C2C(=O)c3ccccc3C(=O)C12. The van der Waals surface area contributed by atoms with Crippen molar-refractivity contribution in [1.29, 1.82) is 0 Å². The van der Waals surface area contributed by atoms with E-state index in [1.165, 1.54) is 6.08 Å². The molecule has 0 spiro atoms. The second kappa shape index (κ2) is 4.77. The topological polar surface area (TPSA) is 83.8 Å². The summed E-state index contributed by atoms with van der Waals surface area (Å²) in [6, 6.07) is 6.48. The van der Waals surface area contributed by atoms with Gasteiger partial charge in [-0.25, -0.2) is 0 Å². The minimum atomic E-state index is -1.11. The summed E-state index contributed by atoms with van der Waals surface area (Å²) < 4.78 is 5.39. The summed E-state index contributed by atoms with van der Waals surface area (Å²) in [5.74, 6) is -3.39. The number of aliphatic hydroxyl groups is 2. The highest BCUT2D eigenvalue weighted by molar-refractivity contribution is 6.17. The first-order chi connectivity index (χ1) is 10.1. The van der Waals surface area contributed by atoms with Gasteiger partial charge in [-0.05, 0) is 6.92 Å². The molecule has 1 aromatic carbocycles. The second-order valence-corrected chi connectivity index (χ2v) is 4.98. The van der Waals surface area contributed by atoms with Crippen molar-refractivity contribution in [3.63, 3.8) is 0 Å². The van der Waals surface area contributed by atoms with Crippen LogP contribution in [0.2, 0.25) is 0 Å². The Morgan fingerprint density at radius 3 is 2.19 bits per heavy atom. The predicted octanol–water partition coefficient (Wildman–Crippen LogP) is 2.56. The fourth-order valence-corrected chi connectivity index (χ4v) is 2.88. The van der Waals surface area contributed by atoms with Crippen molar-refractivity contribution in [1.82, 2.24) is 0 Å². The lowest BCUT2D eigenvalue weighted by molar-refractivity contribution is 0.0646. The minimum absolute atomic E-state index is 0.214. The van der Waals surface area contributed by atoms with Gasteiger partial charge >= 0.3 is 0 Å². The lowest BCUT2D eigenvalue weighted by Gasteiger charge is -2.33. The number of hydrogen-bond donors (Lipinski definition) is 2. The van der Waals surface area contributed by atoms with Crippen molar-refractivity contribution in [3.05, 3.63) is 58.7 Å². The van der Waals surface area contributed by atoms with E-state index in [2.05, 4.69) is 0 Å². The van der Waals surface area contributed by atoms with E-state index >= 15 is 0 Å². The number of ketones is 2. The molecule has 2 atom stereocenters. The Hall–Kier alpha value is -2.56. The van der Waals surface area contributed by atoms with Crippen molar-refractivity contribution < 1.29 is 24.5 Å². The van der Waals surface area contributed by atoms with Crippen LogP contribution in [0.25, 0.3) is 0 Å². The Kier molecular flexibility index (Phi) is 3.05. The highest BCUT2D eigenvalue weighted by atomic mass is 16.5. The first-order valence-corrected chi connectivity index (χ1v) is 6.70. The van der Waals surface area contributed by atoms with Crippen LogP contribution in [-0.4, -0.2) is 28.4 Å². The lowest BCUT2D eigenvalue weighted by atomic mass is 9.70. The summed E-state index contributed by atoms with van der Waals surface area (Å²) in [6.07, 6.45) is 1.21. The Morgan fingerprint density at radius 1 is 1.05 bits per heavy atom. The maximum Gasteiger partial charge on any atom is 0.175 e. The number of rotatable bonds is 2. The number of benzene rings is 1. The molecular weight excluding hydrogens is 272 g/mol. The summed E-state index contributed by atoms with van der Waals surface area (Å²) in [5, 5.41) is 19.8. The Labute approximate surface area is 121 Å². The number of carbonyl (C=O) groups is 2. The zero-order valence-electron chi connectivity index (χ0n) is 11.4. The van der Waals surface area contributed by atoms with Gasteiger partial charge in [0.2, 0.25) is 0 Å². The van der Waals surface area contributed by atoms with Gasteiger partial charge in [0.15, 0.2) is 17.3 Å². The molecule has 1 aromatic rings. The highest BCUT2D eigenvalue weighted by Gasteiger charge is 2.49. The number of fused-ring (bicyclic) bond motifs is 2. The van der Waals surface area contributed by atoms with E-state index in [0.717, 1.165) is 0 Å². The van der Waals surface area contributed by atoms with Crippen LogP contribution in [-0.2, 0) is 4.74 Å². The van der Waals surface area contributed by atoms with Gasteiger partial charge in [0, 0.05) is 17.2 Å². The van der Waals surface area contributed by atoms with Gasteiger partial charge < -0.3 is 14.9 Å². The molecule has 0 saturated heterocycles. The molecule has 108 valence electrons. The molecule has 3 rings (SSSR count). The van der Waals surface area contributed by atoms with Gasteiger partial charge in [-0.1, -0.05) is 24.3 Å². The average Bonchev–Trinajstić information content (AvgIpc) is 2.48. The van der Waals surface area contributed by atoms with Crippen LogP contribution in [0.1, 0.15) is 27.6 Å². The number of aliphatic hydroxyl groups excluding tert-OH is 2. The van der Waals surface area contributed by atoms with Gasteiger partial charge in [-0.15, -0.1) is 0 Å². The maximum atomic E-state index is 12.6. The largest absolute Gasteiger partial charge is 0.508 e. The molecule has 0 amide bonds. The molecule has 2 aliphatic rings. The fourth-order valence-electron chi connectivity index (χ4n) is 2.88. The first kappa shape index (κ1) is 13.4. The molecule has 0 bridgehead atoms. The molecule has 0 radical (unpaired) electrons. The molecule has 2 unspecified atom stereocenters. The van der Waals surface area contributed by atoms with Gasteiger partial charge in [0.1, 0.15) is 17.4 Å². The van der Waals surface area contributed by atoms with Crippen molar-refractivity contribution in [2.75, 3.05) is 6.61 Å². The van der Waals surface area contributed by atoms with Crippen molar-refractivity contribution in [2.24, 2.45) is 11.8 Å². The van der Waals surface area contributed by atoms with E-state index < -0.39 is 23.4 Å². The zero-order valence-corrected chi connectivity index (χ0v) is 11.4. The Bertz CT molecular complexity index is 698. The van der Waals surface area contributed by atoms with E-state index in [9.17, 15) is 19.8 Å². The van der Waals surface area contributed by atoms with Crippen LogP contribution in [0.3, 0.4) is 0 Å². The van der Waals surface area contributed by atoms with Gasteiger partial charge in [-0.2, -0.15) is 0 Å². The fraction of sp³-hybridized carbons (Fsp3) is 0.250. The smallest absolute Gasteiger partial charge is 0.175 e. The van der Waals surface area contributed by atoms with Gasteiger partial charge in [0.25, 0.3) is 0 Å². The van der Waals surface area contributed by atoms with E-state index in [1.54, 1.807) is 31.2 Å². The third-order valence-corrected chi connectivity index (χ3v) is 3.81. The number of Topliss-reactive ketones (excluding diaryl/α,β-unsaturated/α-hetero) is 2. The molecule has 2 N–H and O–H groups in total. The monoisotopic (exact) mass is 286 g/mol. The molecule has 5 nitrogen and oxygen atoms in total. The minimum Gasteiger partial charge on any atom is -0.508 e. The summed E-state index contributed by atoms with van der Waals surface area (Å²) >= 11 is 0. The third kappa shape index (κ3) is 1.85. The molecule has 0 heterocycles. The van der Waals surface area contributed by atoms with Gasteiger partial charge in [-0.3, -0.25) is 9.59 Å². The van der Waals surface area contributed by atoms with Crippen molar-refractivity contribution >= 4 is 11.6 Å². The molecule has 2 aliphatic carbocycles. The Balaban J connectivity index is 2.20. The summed E-state index contributed by atoms with van der Waals surface area (Å²) in [7, 11) is 0. The van der Waals surface area contributed by atoms with E-state index in [-0.39, 0.29) is 22.9 Å². The first-order valence-electron chi connectivity index (χ1n) is 6.70. The molecule has 5 heteroatoms. The van der Waals surface area contributed by atoms with E-state index in [1.807, 2.05) is 0 Å². The van der Waals surface area contributed by atoms with Crippen LogP contribution in [0, 0.1) is 11.8 Å². The van der Waals surface area contributed by atoms with Crippen LogP contribution in [0.4, 0.5) is 0 Å². The number of ether oxygens (including phenoxy) is 1. The summed E-state index contributed by atoms with van der Waals surface area (Å²) in [6.45, 7) is 2.04. The quantitative estimate of drug-likeness (QED) is 0.873. The maximum absolute atomic E-state index is 12.6. The number of allylic oxidation sites excluding steroid dienone is 3. The predicted molar refractivity (Wildman–Crippen MR) is 74.1 cm³/mol. The highest BCUT2D eigenvalue weighted by Crippen LogP contribution is 2.41. The average molecular weight is 286 g/mol. The molecule has 0 fully saturated rings. The number of hydrogen-bond acceptors (Lipinski definition) is 5. The summed E-state index contributed by atoms with van der Waals surface area (Å²) in [5.41, 5.74) is 0.587. The summed E-state index contributed by atoms with van der Waals surface area (Å²) in [4.78, 5) is 25.2. The second-order valence-electron chi connectivity index (χ2n) is 4.98. The molecule has 21 heavy (non-hydrogen) atoms.